The van der Waals surface area contributed by atoms with Gasteiger partial charge in [0.15, 0.2) is 5.82 Å². The predicted molar refractivity (Wildman–Crippen MR) is 59.2 cm³/mol. The Hall–Kier alpha value is -1.36. The summed E-state index contributed by atoms with van der Waals surface area (Å²) in [5, 5.41) is 3.24. The summed E-state index contributed by atoms with van der Waals surface area (Å²) in [4.78, 5) is 20.4. The highest BCUT2D eigenvalue weighted by Crippen LogP contribution is 2.13. The first-order valence-corrected chi connectivity index (χ1v) is 5.27. The van der Waals surface area contributed by atoms with Crippen LogP contribution in [-0.2, 0) is 0 Å². The van der Waals surface area contributed by atoms with Gasteiger partial charge in [0.1, 0.15) is 0 Å². The van der Waals surface area contributed by atoms with E-state index in [1.165, 1.54) is 0 Å². The third kappa shape index (κ3) is 2.18. The van der Waals surface area contributed by atoms with Gasteiger partial charge in [0.05, 0.1) is 0 Å². The molecule has 5 nitrogen and oxygen atoms in total. The lowest BCUT2D eigenvalue weighted by atomic mass is 10.1. The maximum Gasteiger partial charge on any atom is 0.290 e. The Bertz CT molecular complexity index is 376. The Kier molecular flexibility index (Phi) is 3.01. The van der Waals surface area contributed by atoms with Gasteiger partial charge in [0.2, 0.25) is 0 Å². The second-order valence-electron chi connectivity index (χ2n) is 3.82. The standard InChI is InChI=1S/C10H16N4O/c1-11-8-3-2-6-14(7-8)9-10(15)13-5-4-12-9/h4-5,8,11H,2-3,6-7H2,1H3,(H,13,15). The number of H-pyrrole nitrogens is 1. The van der Waals surface area contributed by atoms with E-state index in [-0.39, 0.29) is 5.56 Å². The minimum atomic E-state index is -0.103. The Balaban J connectivity index is 2.17. The third-order valence-electron chi connectivity index (χ3n) is 2.82. The molecule has 0 bridgehead atoms. The maximum absolute atomic E-state index is 11.5. The number of aromatic amines is 1. The minimum absolute atomic E-state index is 0.103. The fourth-order valence-corrected chi connectivity index (χ4v) is 1.97. The summed E-state index contributed by atoms with van der Waals surface area (Å²) >= 11 is 0. The molecular formula is C10H16N4O. The maximum atomic E-state index is 11.5. The first kappa shape index (κ1) is 10.2. The summed E-state index contributed by atoms with van der Waals surface area (Å²) in [5.41, 5.74) is -0.103. The summed E-state index contributed by atoms with van der Waals surface area (Å²) in [6, 6.07) is 0.458. The summed E-state index contributed by atoms with van der Waals surface area (Å²) in [6.07, 6.45) is 5.45. The molecule has 2 N–H and O–H groups in total. The van der Waals surface area contributed by atoms with Crippen LogP contribution in [0.2, 0.25) is 0 Å². The molecule has 1 saturated heterocycles. The lowest BCUT2D eigenvalue weighted by Crippen LogP contribution is -2.46. The van der Waals surface area contributed by atoms with E-state index in [9.17, 15) is 4.79 Å². The molecule has 15 heavy (non-hydrogen) atoms. The number of rotatable bonds is 2. The van der Waals surface area contributed by atoms with E-state index < -0.39 is 0 Å². The highest BCUT2D eigenvalue weighted by atomic mass is 16.1. The average molecular weight is 208 g/mol. The number of likely N-dealkylation sites (N-methyl/N-ethyl adjacent to an activating group) is 1. The van der Waals surface area contributed by atoms with Crippen molar-refractivity contribution >= 4 is 5.82 Å². The summed E-state index contributed by atoms with van der Waals surface area (Å²) in [6.45, 7) is 1.77. The molecule has 0 radical (unpaired) electrons. The van der Waals surface area contributed by atoms with Gasteiger partial charge in [-0.3, -0.25) is 4.79 Å². The Morgan fingerprint density at radius 3 is 3.27 bits per heavy atom. The Labute approximate surface area is 88.5 Å². The fourth-order valence-electron chi connectivity index (χ4n) is 1.97. The van der Waals surface area contributed by atoms with Crippen LogP contribution in [0.5, 0.6) is 0 Å². The van der Waals surface area contributed by atoms with Crippen LogP contribution in [0.3, 0.4) is 0 Å². The van der Waals surface area contributed by atoms with Crippen LogP contribution in [0.1, 0.15) is 12.8 Å². The molecule has 0 aromatic carbocycles. The topological polar surface area (TPSA) is 61.0 Å². The minimum Gasteiger partial charge on any atom is -0.350 e. The van der Waals surface area contributed by atoms with Crippen molar-refractivity contribution in [2.75, 3.05) is 25.0 Å². The van der Waals surface area contributed by atoms with Gasteiger partial charge < -0.3 is 15.2 Å². The zero-order chi connectivity index (χ0) is 10.7. The normalized spacial score (nSPS) is 21.7. The van der Waals surface area contributed by atoms with Crippen molar-refractivity contribution < 1.29 is 0 Å². The van der Waals surface area contributed by atoms with E-state index in [0.717, 1.165) is 25.9 Å². The van der Waals surface area contributed by atoms with E-state index >= 15 is 0 Å². The Morgan fingerprint density at radius 1 is 1.67 bits per heavy atom. The predicted octanol–water partition coefficient (Wildman–Crippen LogP) is -0.0419. The van der Waals surface area contributed by atoms with E-state index in [1.807, 2.05) is 11.9 Å². The molecule has 0 amide bonds. The van der Waals surface area contributed by atoms with Crippen LogP contribution in [0.4, 0.5) is 5.82 Å². The van der Waals surface area contributed by atoms with Crippen molar-refractivity contribution in [2.24, 2.45) is 0 Å². The smallest absolute Gasteiger partial charge is 0.290 e. The van der Waals surface area contributed by atoms with Crippen molar-refractivity contribution in [3.63, 3.8) is 0 Å². The molecule has 0 aliphatic carbocycles. The average Bonchev–Trinajstić information content (AvgIpc) is 2.30. The molecule has 82 valence electrons. The van der Waals surface area contributed by atoms with Crippen LogP contribution >= 0.6 is 0 Å². The molecule has 1 fully saturated rings. The van der Waals surface area contributed by atoms with Gasteiger partial charge in [-0.05, 0) is 19.9 Å². The number of hydrogen-bond donors (Lipinski definition) is 2. The second kappa shape index (κ2) is 4.44. The van der Waals surface area contributed by atoms with E-state index in [2.05, 4.69) is 15.3 Å². The van der Waals surface area contributed by atoms with Crippen molar-refractivity contribution in [2.45, 2.75) is 18.9 Å². The summed E-state index contributed by atoms with van der Waals surface area (Å²) in [7, 11) is 1.96. The van der Waals surface area contributed by atoms with Gasteiger partial charge in [-0.15, -0.1) is 0 Å². The first-order valence-electron chi connectivity index (χ1n) is 5.27. The molecule has 1 aliphatic rings. The number of aromatic nitrogens is 2. The quantitative estimate of drug-likeness (QED) is 0.716. The molecule has 1 aliphatic heterocycles. The zero-order valence-electron chi connectivity index (χ0n) is 8.86. The zero-order valence-corrected chi connectivity index (χ0v) is 8.86. The fraction of sp³-hybridized carbons (Fsp3) is 0.600. The van der Waals surface area contributed by atoms with Crippen molar-refractivity contribution in [3.05, 3.63) is 22.7 Å². The number of piperidine rings is 1. The van der Waals surface area contributed by atoms with Crippen LogP contribution in [0.25, 0.3) is 0 Å². The first-order chi connectivity index (χ1) is 7.31. The number of hydrogen-bond acceptors (Lipinski definition) is 4. The van der Waals surface area contributed by atoms with Crippen LogP contribution in [-0.4, -0.2) is 36.1 Å². The lowest BCUT2D eigenvalue weighted by molar-refractivity contribution is 0.447. The molecule has 1 atom stereocenters. The van der Waals surface area contributed by atoms with Gasteiger partial charge >= 0.3 is 0 Å². The summed E-state index contributed by atoms with van der Waals surface area (Å²) < 4.78 is 0. The van der Waals surface area contributed by atoms with E-state index in [4.69, 9.17) is 0 Å². The summed E-state index contributed by atoms with van der Waals surface area (Å²) in [5.74, 6) is 0.539. The number of anilines is 1. The molecule has 2 heterocycles. The van der Waals surface area contributed by atoms with E-state index in [1.54, 1.807) is 12.4 Å². The molecular weight excluding hydrogens is 192 g/mol. The monoisotopic (exact) mass is 208 g/mol. The highest BCUT2D eigenvalue weighted by molar-refractivity contribution is 5.36. The van der Waals surface area contributed by atoms with Crippen molar-refractivity contribution in [3.8, 4) is 0 Å². The second-order valence-corrected chi connectivity index (χ2v) is 3.82. The molecule has 0 spiro atoms. The molecule has 0 saturated carbocycles. The number of nitrogens with zero attached hydrogens (tertiary/aromatic N) is 2. The molecule has 5 heteroatoms. The molecule has 2 rings (SSSR count). The van der Waals surface area contributed by atoms with Gasteiger partial charge in [-0.25, -0.2) is 4.98 Å². The van der Waals surface area contributed by atoms with Crippen molar-refractivity contribution in [1.82, 2.24) is 15.3 Å². The van der Waals surface area contributed by atoms with Crippen LogP contribution in [0.15, 0.2) is 17.2 Å². The molecule has 1 aromatic heterocycles. The van der Waals surface area contributed by atoms with Crippen LogP contribution < -0.4 is 15.8 Å². The molecule has 1 unspecified atom stereocenters. The highest BCUT2D eigenvalue weighted by Gasteiger charge is 2.20. The van der Waals surface area contributed by atoms with E-state index in [0.29, 0.717) is 11.9 Å². The number of nitrogens with one attached hydrogen (secondary N) is 2. The Morgan fingerprint density at radius 2 is 2.53 bits per heavy atom. The largest absolute Gasteiger partial charge is 0.350 e. The SMILES string of the molecule is CNC1CCCN(c2ncc[nH]c2=O)C1. The lowest BCUT2D eigenvalue weighted by Gasteiger charge is -2.32. The van der Waals surface area contributed by atoms with Gasteiger partial charge in [-0.1, -0.05) is 0 Å². The van der Waals surface area contributed by atoms with Crippen molar-refractivity contribution in [1.29, 1.82) is 0 Å². The van der Waals surface area contributed by atoms with Crippen LogP contribution in [0, 0.1) is 0 Å². The van der Waals surface area contributed by atoms with Gasteiger partial charge in [0.25, 0.3) is 5.56 Å². The molecule has 1 aromatic rings. The van der Waals surface area contributed by atoms with Gasteiger partial charge in [0, 0.05) is 31.5 Å². The third-order valence-corrected chi connectivity index (χ3v) is 2.82. The van der Waals surface area contributed by atoms with Gasteiger partial charge in [-0.2, -0.15) is 0 Å².